The summed E-state index contributed by atoms with van der Waals surface area (Å²) in [7, 11) is 0. The van der Waals surface area contributed by atoms with Gasteiger partial charge in [-0.25, -0.2) is 13.6 Å². The number of fused-ring (bicyclic) bond motifs is 3. The van der Waals surface area contributed by atoms with E-state index in [1.165, 1.54) is 4.90 Å². The molecule has 0 spiro atoms. The Hall–Kier alpha value is -2.79. The average Bonchev–Trinajstić information content (AvgIpc) is 3.72. The lowest BCUT2D eigenvalue weighted by molar-refractivity contribution is -0.144. The first-order chi connectivity index (χ1) is 19.5. The van der Waals surface area contributed by atoms with Gasteiger partial charge in [0, 0.05) is 31.0 Å². The van der Waals surface area contributed by atoms with Crippen LogP contribution in [0.3, 0.4) is 0 Å². The van der Waals surface area contributed by atoms with E-state index in [1.807, 2.05) is 13.8 Å². The summed E-state index contributed by atoms with van der Waals surface area (Å²) in [5.41, 5.74) is -0.855. The molecule has 0 unspecified atom stereocenters. The van der Waals surface area contributed by atoms with Gasteiger partial charge in [-0.1, -0.05) is 33.1 Å². The van der Waals surface area contributed by atoms with Gasteiger partial charge in [-0.3, -0.25) is 19.2 Å². The largest absolute Gasteiger partial charge is 0.347 e. The van der Waals surface area contributed by atoms with E-state index >= 15 is 0 Å². The van der Waals surface area contributed by atoms with Crippen LogP contribution in [0.4, 0.5) is 13.6 Å². The topological polar surface area (TPSA) is 137 Å². The quantitative estimate of drug-likeness (QED) is 0.371. The van der Waals surface area contributed by atoms with Gasteiger partial charge in [0.2, 0.25) is 23.5 Å². The molecule has 4 rings (SSSR count). The number of carbonyl (C=O) groups is 5. The summed E-state index contributed by atoms with van der Waals surface area (Å²) in [4.78, 5) is 67.7. The van der Waals surface area contributed by atoms with Gasteiger partial charge in [0.15, 0.2) is 0 Å². The van der Waals surface area contributed by atoms with Crippen LogP contribution in [0.5, 0.6) is 0 Å². The van der Waals surface area contributed by atoms with Crippen molar-refractivity contribution >= 4 is 29.5 Å². The summed E-state index contributed by atoms with van der Waals surface area (Å²) in [5, 5.41) is 10.8. The van der Waals surface area contributed by atoms with Crippen molar-refractivity contribution in [1.29, 1.82) is 0 Å². The van der Waals surface area contributed by atoms with Gasteiger partial charge < -0.3 is 26.2 Å². The van der Waals surface area contributed by atoms with Gasteiger partial charge in [0.25, 0.3) is 5.91 Å². The molecule has 4 fully saturated rings. The second kappa shape index (κ2) is 12.1. The molecule has 0 bridgehead atoms. The molecule has 2 aliphatic heterocycles. The first kappa shape index (κ1) is 32.1. The van der Waals surface area contributed by atoms with Gasteiger partial charge >= 0.3 is 6.03 Å². The van der Waals surface area contributed by atoms with Gasteiger partial charge in [-0.05, 0) is 70.1 Å². The third kappa shape index (κ3) is 7.78. The standard InChI is InChI=1S/C30H47F2N5O5/c1-28(2,3)36-27(42)35-20-13-15-30(31,32)14-9-7-6-8-10-19(23(38)25(40)33-17-11-12-17)34-24(39)22-21-18(29(21,4)5)16-37(22)26(20)41/h17-22H,6-16H2,1-5H3,(H,33,40)(H,34,39)(H2,35,36,42)/t18-,19-,20-,21-,22-/m0/s1. The fraction of sp³-hybridized carbons (Fsp3) is 0.833. The Balaban J connectivity index is 1.60. The van der Waals surface area contributed by atoms with Crippen molar-refractivity contribution in [3.63, 3.8) is 0 Å². The highest BCUT2D eigenvalue weighted by Crippen LogP contribution is 2.65. The predicted molar refractivity (Wildman–Crippen MR) is 151 cm³/mol. The lowest BCUT2D eigenvalue weighted by Gasteiger charge is -2.34. The van der Waals surface area contributed by atoms with Crippen LogP contribution in [0.15, 0.2) is 0 Å². The number of nitrogens with one attached hydrogen (secondary N) is 4. The Labute approximate surface area is 246 Å². The van der Waals surface area contributed by atoms with Gasteiger partial charge in [-0.15, -0.1) is 0 Å². The normalized spacial score (nSPS) is 31.7. The van der Waals surface area contributed by atoms with Crippen molar-refractivity contribution in [2.45, 2.75) is 134 Å². The van der Waals surface area contributed by atoms with Crippen molar-refractivity contribution < 1.29 is 32.8 Å². The summed E-state index contributed by atoms with van der Waals surface area (Å²) >= 11 is 0. The number of amides is 5. The lowest BCUT2D eigenvalue weighted by atomic mass is 9.96. The Morgan fingerprint density at radius 3 is 2.24 bits per heavy atom. The maximum Gasteiger partial charge on any atom is 0.315 e. The van der Waals surface area contributed by atoms with Crippen molar-refractivity contribution in [2.24, 2.45) is 17.3 Å². The molecule has 4 aliphatic rings. The number of nitrogens with zero attached hydrogens (tertiary/aromatic N) is 1. The number of rotatable bonds is 4. The van der Waals surface area contributed by atoms with Gasteiger partial charge in [0.05, 0.1) is 6.04 Å². The summed E-state index contributed by atoms with van der Waals surface area (Å²) in [6.45, 7) is 9.55. The average molecular weight is 596 g/mol. The van der Waals surface area contributed by atoms with Crippen molar-refractivity contribution in [2.75, 3.05) is 6.54 Å². The number of alkyl halides is 2. The molecule has 0 aromatic rings. The SMILES string of the molecule is CC(C)(C)NC(=O)N[C@H]1CCC(F)(F)CCCCCC[C@@H](C(=O)C(=O)NC2CC2)NC(=O)[C@@H]2[C@@H]3[C@H](CN2C1=O)C3(C)C. The molecule has 5 amide bonds. The molecule has 0 aromatic carbocycles. The molecule has 0 aromatic heterocycles. The van der Waals surface area contributed by atoms with Crippen molar-refractivity contribution in [3.05, 3.63) is 0 Å². The predicted octanol–water partition coefficient (Wildman–Crippen LogP) is 3.04. The number of hydrogen-bond acceptors (Lipinski definition) is 5. The number of piperidine rings is 1. The number of carbonyl (C=O) groups excluding carboxylic acids is 5. The number of Topliss-reactive ketones (excluding diaryl/α,β-unsaturated/α-hetero) is 1. The Morgan fingerprint density at radius 1 is 0.929 bits per heavy atom. The van der Waals surface area contributed by atoms with Crippen LogP contribution < -0.4 is 21.3 Å². The van der Waals surface area contributed by atoms with Crippen LogP contribution in [0.2, 0.25) is 0 Å². The zero-order valence-corrected chi connectivity index (χ0v) is 25.5. The van der Waals surface area contributed by atoms with Crippen LogP contribution in [0.1, 0.15) is 98.8 Å². The number of halogens is 2. The third-order valence-electron chi connectivity index (χ3n) is 9.21. The second-order valence-corrected chi connectivity index (χ2v) is 14.3. The van der Waals surface area contributed by atoms with E-state index in [0.29, 0.717) is 19.3 Å². The molecule has 10 nitrogen and oxygen atoms in total. The number of urea groups is 1. The van der Waals surface area contributed by atoms with E-state index in [4.69, 9.17) is 0 Å². The fourth-order valence-electron chi connectivity index (χ4n) is 6.54. The molecule has 12 heteroatoms. The summed E-state index contributed by atoms with van der Waals surface area (Å²) in [5.74, 6) is -5.81. The van der Waals surface area contributed by atoms with E-state index in [2.05, 4.69) is 21.3 Å². The van der Waals surface area contributed by atoms with Gasteiger partial charge in [0.1, 0.15) is 12.1 Å². The Bertz CT molecular complexity index is 1090. The Kier molecular flexibility index (Phi) is 9.23. The molecular weight excluding hydrogens is 548 g/mol. The van der Waals surface area contributed by atoms with E-state index in [1.54, 1.807) is 20.8 Å². The molecule has 0 radical (unpaired) electrons. The molecule has 4 N–H and O–H groups in total. The zero-order chi connectivity index (χ0) is 31.0. The van der Waals surface area contributed by atoms with Crippen LogP contribution in [-0.2, 0) is 19.2 Å². The zero-order valence-electron chi connectivity index (χ0n) is 25.5. The summed E-state index contributed by atoms with van der Waals surface area (Å²) < 4.78 is 29.8. The molecule has 2 saturated heterocycles. The first-order valence-electron chi connectivity index (χ1n) is 15.4. The van der Waals surface area contributed by atoms with E-state index < -0.39 is 65.5 Å². The molecule has 5 atom stereocenters. The number of ketones is 1. The first-order valence-corrected chi connectivity index (χ1v) is 15.4. The molecule has 2 saturated carbocycles. The molecule has 2 heterocycles. The second-order valence-electron chi connectivity index (χ2n) is 14.3. The van der Waals surface area contributed by atoms with E-state index in [9.17, 15) is 32.8 Å². The van der Waals surface area contributed by atoms with Crippen molar-refractivity contribution in [1.82, 2.24) is 26.2 Å². The molecule has 2 aliphatic carbocycles. The highest BCUT2D eigenvalue weighted by atomic mass is 19.3. The maximum atomic E-state index is 14.9. The van der Waals surface area contributed by atoms with Gasteiger partial charge in [-0.2, -0.15) is 0 Å². The smallest absolute Gasteiger partial charge is 0.315 e. The van der Waals surface area contributed by atoms with Crippen LogP contribution in [0.25, 0.3) is 0 Å². The minimum Gasteiger partial charge on any atom is -0.347 e. The molecular formula is C30H47F2N5O5. The third-order valence-corrected chi connectivity index (χ3v) is 9.21. The number of hydrogen-bond donors (Lipinski definition) is 4. The Morgan fingerprint density at radius 2 is 1.60 bits per heavy atom. The minimum absolute atomic E-state index is 0.0112. The highest BCUT2D eigenvalue weighted by molar-refractivity contribution is 6.38. The fourth-order valence-corrected chi connectivity index (χ4v) is 6.54. The maximum absolute atomic E-state index is 14.9. The highest BCUT2D eigenvalue weighted by Gasteiger charge is 2.69. The van der Waals surface area contributed by atoms with Crippen LogP contribution in [-0.4, -0.2) is 76.6 Å². The van der Waals surface area contributed by atoms with E-state index in [-0.39, 0.29) is 55.5 Å². The minimum atomic E-state index is -3.02. The monoisotopic (exact) mass is 595 g/mol. The van der Waals surface area contributed by atoms with Crippen LogP contribution >= 0.6 is 0 Å². The lowest BCUT2D eigenvalue weighted by Crippen LogP contribution is -2.59. The molecule has 236 valence electrons. The van der Waals surface area contributed by atoms with Crippen LogP contribution in [0, 0.1) is 17.3 Å². The summed E-state index contributed by atoms with van der Waals surface area (Å²) in [6, 6.07) is -3.96. The summed E-state index contributed by atoms with van der Waals surface area (Å²) in [6.07, 6.45) is 2.42. The van der Waals surface area contributed by atoms with E-state index in [0.717, 1.165) is 12.8 Å². The van der Waals surface area contributed by atoms with Crippen molar-refractivity contribution in [3.8, 4) is 0 Å². The molecule has 42 heavy (non-hydrogen) atoms.